The average Bonchev–Trinajstić information content (AvgIpc) is 3.24. The third kappa shape index (κ3) is 2.45. The summed E-state index contributed by atoms with van der Waals surface area (Å²) in [7, 11) is 0. The lowest BCUT2D eigenvalue weighted by molar-refractivity contribution is -0.0593. The van der Waals surface area contributed by atoms with E-state index in [-0.39, 0.29) is 5.60 Å². The summed E-state index contributed by atoms with van der Waals surface area (Å²) in [6.45, 7) is 2.40. The number of anilines is 1. The third-order valence-corrected chi connectivity index (χ3v) is 7.14. The summed E-state index contributed by atoms with van der Waals surface area (Å²) in [5.74, 6) is 0.995. The molecule has 3 heterocycles. The Kier molecular flexibility index (Phi) is 3.69. The van der Waals surface area contributed by atoms with E-state index >= 15 is 0 Å². The van der Waals surface area contributed by atoms with E-state index < -0.39 is 0 Å². The first-order chi connectivity index (χ1) is 12.3. The minimum absolute atomic E-state index is 0.209. The van der Waals surface area contributed by atoms with Crippen LogP contribution in [0.4, 0.5) is 5.82 Å². The van der Waals surface area contributed by atoms with Crippen molar-refractivity contribution in [2.24, 2.45) is 0 Å². The van der Waals surface area contributed by atoms with Crippen LogP contribution in [0.25, 0.3) is 10.3 Å². The Labute approximate surface area is 154 Å². The highest BCUT2D eigenvalue weighted by molar-refractivity contribution is 8.00. The molecule has 1 spiro atoms. The number of aromatic nitrogens is 3. The van der Waals surface area contributed by atoms with Crippen molar-refractivity contribution in [2.45, 2.75) is 22.8 Å². The molecule has 0 N–H and O–H groups in total. The standard InChI is InChI=1S/C18H18N4OS2/c1-24-17-21-15-14(25-17)16(20-11-19-15)22-8-9-23-18(10-22)7-6-12-4-2-3-5-13(12)18/h2-5,11H,6-10H2,1H3. The number of nitrogens with zero attached hydrogens (tertiary/aromatic N) is 4. The molecule has 1 fully saturated rings. The first-order valence-corrected chi connectivity index (χ1v) is 10.5. The summed E-state index contributed by atoms with van der Waals surface area (Å²) in [5.41, 5.74) is 3.35. The highest BCUT2D eigenvalue weighted by Crippen LogP contribution is 2.43. The van der Waals surface area contributed by atoms with Gasteiger partial charge in [-0.3, -0.25) is 0 Å². The van der Waals surface area contributed by atoms with Gasteiger partial charge in [-0.15, -0.1) is 11.3 Å². The van der Waals surface area contributed by atoms with Gasteiger partial charge in [0.05, 0.1) is 13.2 Å². The molecule has 25 heavy (non-hydrogen) atoms. The number of fused-ring (bicyclic) bond motifs is 3. The molecule has 1 atom stereocenters. The number of thiazole rings is 1. The Balaban J connectivity index is 1.55. The van der Waals surface area contributed by atoms with Gasteiger partial charge in [-0.2, -0.15) is 0 Å². The van der Waals surface area contributed by atoms with E-state index in [4.69, 9.17) is 4.74 Å². The number of hydrogen-bond acceptors (Lipinski definition) is 7. The van der Waals surface area contributed by atoms with Gasteiger partial charge in [0.1, 0.15) is 16.6 Å². The van der Waals surface area contributed by atoms with Crippen molar-refractivity contribution in [3.05, 3.63) is 41.7 Å². The van der Waals surface area contributed by atoms with Crippen LogP contribution < -0.4 is 4.90 Å². The number of ether oxygens (including phenoxy) is 1. The van der Waals surface area contributed by atoms with Crippen molar-refractivity contribution in [2.75, 3.05) is 30.9 Å². The average molecular weight is 371 g/mol. The van der Waals surface area contributed by atoms with Gasteiger partial charge in [-0.1, -0.05) is 36.0 Å². The Morgan fingerprint density at radius 3 is 3.12 bits per heavy atom. The van der Waals surface area contributed by atoms with E-state index in [1.54, 1.807) is 29.4 Å². The predicted molar refractivity (Wildman–Crippen MR) is 102 cm³/mol. The van der Waals surface area contributed by atoms with Crippen molar-refractivity contribution in [3.63, 3.8) is 0 Å². The molecule has 1 aromatic carbocycles. The van der Waals surface area contributed by atoms with E-state index in [1.165, 1.54) is 11.1 Å². The zero-order chi connectivity index (χ0) is 16.9. The van der Waals surface area contributed by atoms with Crippen LogP contribution in [0.2, 0.25) is 0 Å². The minimum atomic E-state index is -0.209. The number of morpholine rings is 1. The van der Waals surface area contributed by atoms with Crippen molar-refractivity contribution in [1.29, 1.82) is 0 Å². The van der Waals surface area contributed by atoms with Crippen LogP contribution in [0.3, 0.4) is 0 Å². The Morgan fingerprint density at radius 1 is 1.28 bits per heavy atom. The number of rotatable bonds is 2. The number of hydrogen-bond donors (Lipinski definition) is 0. The number of benzene rings is 1. The summed E-state index contributed by atoms with van der Waals surface area (Å²) < 4.78 is 8.45. The smallest absolute Gasteiger partial charge is 0.176 e. The molecule has 0 amide bonds. The summed E-state index contributed by atoms with van der Waals surface area (Å²) in [4.78, 5) is 15.9. The van der Waals surface area contributed by atoms with Gasteiger partial charge >= 0.3 is 0 Å². The van der Waals surface area contributed by atoms with E-state index in [1.807, 2.05) is 6.26 Å². The monoisotopic (exact) mass is 370 g/mol. The Bertz CT molecular complexity index is 940. The van der Waals surface area contributed by atoms with Crippen LogP contribution in [0.5, 0.6) is 0 Å². The second-order valence-electron chi connectivity index (χ2n) is 6.46. The van der Waals surface area contributed by atoms with Gasteiger partial charge in [0.25, 0.3) is 0 Å². The zero-order valence-electron chi connectivity index (χ0n) is 13.9. The van der Waals surface area contributed by atoms with Crippen molar-refractivity contribution in [1.82, 2.24) is 15.0 Å². The molecule has 5 rings (SSSR count). The van der Waals surface area contributed by atoms with Gasteiger partial charge in [0, 0.05) is 6.54 Å². The van der Waals surface area contributed by atoms with Gasteiger partial charge in [0.2, 0.25) is 0 Å². The maximum atomic E-state index is 6.34. The molecule has 0 saturated carbocycles. The molecule has 2 aliphatic rings. The summed E-state index contributed by atoms with van der Waals surface area (Å²) in [6.07, 6.45) is 5.80. The van der Waals surface area contributed by atoms with Gasteiger partial charge in [-0.25, -0.2) is 15.0 Å². The number of aryl methyl sites for hydroxylation is 1. The van der Waals surface area contributed by atoms with E-state index in [9.17, 15) is 0 Å². The molecule has 0 bridgehead atoms. The maximum Gasteiger partial charge on any atom is 0.176 e. The molecule has 128 valence electrons. The molecule has 0 radical (unpaired) electrons. The molecule has 7 heteroatoms. The first kappa shape index (κ1) is 15.5. The predicted octanol–water partition coefficient (Wildman–Crippen LogP) is 3.49. The SMILES string of the molecule is CSc1nc2ncnc(N3CCOC4(CCc5ccccc54)C3)c2s1. The topological polar surface area (TPSA) is 51.1 Å². The fourth-order valence-corrected chi connectivity index (χ4v) is 5.50. The van der Waals surface area contributed by atoms with Crippen LogP contribution in [0.1, 0.15) is 17.5 Å². The third-order valence-electron chi connectivity index (χ3n) is 5.12. The molecule has 1 saturated heterocycles. The summed E-state index contributed by atoms with van der Waals surface area (Å²) in [6, 6.07) is 8.68. The molecule has 1 unspecified atom stereocenters. The molecule has 3 aromatic rings. The van der Waals surface area contributed by atoms with E-state index in [0.29, 0.717) is 6.61 Å². The van der Waals surface area contributed by atoms with Crippen LogP contribution >= 0.6 is 23.1 Å². The molecule has 2 aromatic heterocycles. The van der Waals surface area contributed by atoms with Crippen molar-refractivity contribution in [3.8, 4) is 0 Å². The second kappa shape index (κ2) is 5.93. The lowest BCUT2D eigenvalue weighted by Gasteiger charge is -2.41. The quantitative estimate of drug-likeness (QED) is 0.644. The molecule has 1 aliphatic carbocycles. The second-order valence-corrected chi connectivity index (χ2v) is 8.51. The van der Waals surface area contributed by atoms with Crippen molar-refractivity contribution < 1.29 is 4.74 Å². The first-order valence-electron chi connectivity index (χ1n) is 8.42. The van der Waals surface area contributed by atoms with E-state index in [0.717, 1.165) is 46.4 Å². The van der Waals surface area contributed by atoms with Crippen LogP contribution in [0, 0.1) is 0 Å². The van der Waals surface area contributed by atoms with Crippen LogP contribution in [-0.2, 0) is 16.8 Å². The van der Waals surface area contributed by atoms with Crippen molar-refractivity contribution >= 4 is 39.3 Å². The molecule has 5 nitrogen and oxygen atoms in total. The Morgan fingerprint density at radius 2 is 2.20 bits per heavy atom. The normalized spacial score (nSPS) is 22.7. The van der Waals surface area contributed by atoms with E-state index in [2.05, 4.69) is 44.1 Å². The lowest BCUT2D eigenvalue weighted by Crippen LogP contribution is -2.49. The fourth-order valence-electron chi connectivity index (χ4n) is 3.97. The Hall–Kier alpha value is -1.70. The summed E-state index contributed by atoms with van der Waals surface area (Å²) in [5, 5.41) is 0. The summed E-state index contributed by atoms with van der Waals surface area (Å²) >= 11 is 3.33. The minimum Gasteiger partial charge on any atom is -0.367 e. The largest absolute Gasteiger partial charge is 0.367 e. The lowest BCUT2D eigenvalue weighted by atomic mass is 9.93. The van der Waals surface area contributed by atoms with Crippen LogP contribution in [0.15, 0.2) is 34.9 Å². The molecule has 1 aliphatic heterocycles. The van der Waals surface area contributed by atoms with Gasteiger partial charge in [-0.05, 0) is 30.2 Å². The molecular weight excluding hydrogens is 352 g/mol. The molecular formula is C18H18N4OS2. The number of thioether (sulfide) groups is 1. The van der Waals surface area contributed by atoms with Gasteiger partial charge < -0.3 is 9.64 Å². The highest BCUT2D eigenvalue weighted by atomic mass is 32.2. The highest BCUT2D eigenvalue weighted by Gasteiger charge is 2.43. The fraction of sp³-hybridized carbons (Fsp3) is 0.389. The van der Waals surface area contributed by atoms with Crippen LogP contribution in [-0.4, -0.2) is 40.9 Å². The van der Waals surface area contributed by atoms with Gasteiger partial charge in [0.15, 0.2) is 15.8 Å². The maximum absolute atomic E-state index is 6.34. The zero-order valence-corrected chi connectivity index (χ0v) is 15.6.